The first-order valence-electron chi connectivity index (χ1n) is 2.29. The van der Waals surface area contributed by atoms with E-state index < -0.39 is 0 Å². The first kappa shape index (κ1) is 7.11. The van der Waals surface area contributed by atoms with Crippen molar-refractivity contribution < 1.29 is 9.90 Å². The van der Waals surface area contributed by atoms with Crippen LogP contribution in [0.15, 0.2) is 24.3 Å². The second-order valence-electron chi connectivity index (χ2n) is 1.13. The van der Waals surface area contributed by atoms with Crippen molar-refractivity contribution in [2.24, 2.45) is 0 Å². The molecule has 2 heteroatoms. The van der Waals surface area contributed by atoms with E-state index in [2.05, 4.69) is 0 Å². The van der Waals surface area contributed by atoms with E-state index in [1.807, 2.05) is 0 Å². The van der Waals surface area contributed by atoms with Gasteiger partial charge in [0.05, 0.1) is 6.61 Å². The zero-order chi connectivity index (χ0) is 6.24. The third kappa shape index (κ3) is 5.11. The average molecular weight is 112 g/mol. The van der Waals surface area contributed by atoms with Gasteiger partial charge in [0.2, 0.25) is 0 Å². The van der Waals surface area contributed by atoms with Crippen LogP contribution in [0.3, 0.4) is 0 Å². The van der Waals surface area contributed by atoms with Crippen molar-refractivity contribution in [1.29, 1.82) is 0 Å². The second kappa shape index (κ2) is 6.11. The lowest BCUT2D eigenvalue weighted by atomic mass is 10.4. The first-order valence-corrected chi connectivity index (χ1v) is 2.29. The molecule has 0 atom stereocenters. The van der Waals surface area contributed by atoms with E-state index in [-0.39, 0.29) is 6.61 Å². The molecule has 0 unspecified atom stereocenters. The molecular weight excluding hydrogens is 104 g/mol. The maximum atomic E-state index is 9.58. The van der Waals surface area contributed by atoms with Gasteiger partial charge in [-0.2, -0.15) is 0 Å². The maximum absolute atomic E-state index is 9.58. The average Bonchev–Trinajstić information content (AvgIpc) is 1.81. The molecule has 0 amide bonds. The molecule has 0 fully saturated rings. The molecule has 0 saturated carbocycles. The van der Waals surface area contributed by atoms with Crippen LogP contribution >= 0.6 is 0 Å². The summed E-state index contributed by atoms with van der Waals surface area (Å²) in [6, 6.07) is 0. The Morgan fingerprint density at radius 1 is 1.25 bits per heavy atom. The zero-order valence-electron chi connectivity index (χ0n) is 4.45. The van der Waals surface area contributed by atoms with Crippen LogP contribution in [-0.2, 0) is 4.79 Å². The Morgan fingerprint density at radius 3 is 2.50 bits per heavy atom. The summed E-state index contributed by atoms with van der Waals surface area (Å²) in [6.45, 7) is 0.0171. The minimum atomic E-state index is 0.0171. The molecule has 0 rings (SSSR count). The highest BCUT2D eigenvalue weighted by atomic mass is 16.2. The monoisotopic (exact) mass is 112 g/mol. The highest BCUT2D eigenvalue weighted by molar-refractivity contribution is 5.65. The fourth-order valence-corrected chi connectivity index (χ4v) is 0.249. The van der Waals surface area contributed by atoms with Gasteiger partial charge in [-0.1, -0.05) is 18.2 Å². The predicted molar refractivity (Wildman–Crippen MR) is 31.4 cm³/mol. The zero-order valence-corrected chi connectivity index (χ0v) is 4.45. The van der Waals surface area contributed by atoms with Crippen molar-refractivity contribution >= 4 is 6.29 Å². The Kier molecular flexibility index (Phi) is 5.43. The van der Waals surface area contributed by atoms with E-state index in [0.717, 1.165) is 0 Å². The lowest BCUT2D eigenvalue weighted by Crippen LogP contribution is -1.67. The number of aliphatic hydroxyl groups is 1. The molecule has 0 aromatic carbocycles. The normalized spacial score (nSPS) is 11.1. The molecule has 2 nitrogen and oxygen atoms in total. The van der Waals surface area contributed by atoms with Gasteiger partial charge in [-0.3, -0.25) is 4.79 Å². The highest BCUT2D eigenvalue weighted by Crippen LogP contribution is 1.71. The molecular formula is C6H8O2. The van der Waals surface area contributed by atoms with Crippen molar-refractivity contribution in [2.75, 3.05) is 6.61 Å². The molecule has 0 aliphatic rings. The van der Waals surface area contributed by atoms with Gasteiger partial charge in [0.15, 0.2) is 0 Å². The van der Waals surface area contributed by atoms with Gasteiger partial charge in [0, 0.05) is 0 Å². The molecule has 0 aromatic heterocycles. The summed E-state index contributed by atoms with van der Waals surface area (Å²) in [4.78, 5) is 9.58. The third-order valence-corrected chi connectivity index (χ3v) is 0.542. The molecule has 8 heavy (non-hydrogen) atoms. The Labute approximate surface area is 48.1 Å². The van der Waals surface area contributed by atoms with Crippen LogP contribution in [0, 0.1) is 0 Å². The van der Waals surface area contributed by atoms with Crippen molar-refractivity contribution in [1.82, 2.24) is 0 Å². The lowest BCUT2D eigenvalue weighted by molar-refractivity contribution is -0.104. The summed E-state index contributed by atoms with van der Waals surface area (Å²) >= 11 is 0. The molecule has 0 radical (unpaired) electrons. The fourth-order valence-electron chi connectivity index (χ4n) is 0.249. The molecule has 44 valence electrons. The van der Waals surface area contributed by atoms with E-state index >= 15 is 0 Å². The molecule has 1 N–H and O–H groups in total. The van der Waals surface area contributed by atoms with Gasteiger partial charge in [0.25, 0.3) is 0 Å². The van der Waals surface area contributed by atoms with Gasteiger partial charge < -0.3 is 5.11 Å². The minimum absolute atomic E-state index is 0.0171. The molecule has 0 bridgehead atoms. The van der Waals surface area contributed by atoms with E-state index in [1.54, 1.807) is 18.2 Å². The first-order chi connectivity index (χ1) is 3.91. The standard InChI is InChI=1S/C6H8O2/c7-5-3-1-2-4-6-8/h1-5,8H,6H2/b3-1+,4-2+. The number of rotatable bonds is 3. The van der Waals surface area contributed by atoms with Crippen molar-refractivity contribution in [3.63, 3.8) is 0 Å². The van der Waals surface area contributed by atoms with Crippen LogP contribution in [0.5, 0.6) is 0 Å². The quantitative estimate of drug-likeness (QED) is 0.323. The van der Waals surface area contributed by atoms with Crippen molar-refractivity contribution in [3.8, 4) is 0 Å². The van der Waals surface area contributed by atoms with Gasteiger partial charge in [-0.15, -0.1) is 0 Å². The number of hydrogen-bond donors (Lipinski definition) is 1. The molecule has 0 saturated heterocycles. The van der Waals surface area contributed by atoms with Gasteiger partial charge in [-0.25, -0.2) is 0 Å². The molecule has 0 heterocycles. The van der Waals surface area contributed by atoms with E-state index in [0.29, 0.717) is 6.29 Å². The Bertz CT molecular complexity index is 103. The predicted octanol–water partition coefficient (Wildman–Crippen LogP) is 0.290. The Morgan fingerprint density at radius 2 is 2.00 bits per heavy atom. The van der Waals surface area contributed by atoms with E-state index in [1.165, 1.54) is 6.08 Å². The van der Waals surface area contributed by atoms with Gasteiger partial charge in [0.1, 0.15) is 6.29 Å². The lowest BCUT2D eigenvalue weighted by Gasteiger charge is -1.70. The summed E-state index contributed by atoms with van der Waals surface area (Å²) in [5, 5.41) is 8.16. The van der Waals surface area contributed by atoms with Gasteiger partial charge >= 0.3 is 0 Å². The Hall–Kier alpha value is -0.890. The largest absolute Gasteiger partial charge is 0.392 e. The smallest absolute Gasteiger partial charge is 0.142 e. The summed E-state index contributed by atoms with van der Waals surface area (Å²) < 4.78 is 0. The number of carbonyl (C=O) groups excluding carboxylic acids is 1. The summed E-state index contributed by atoms with van der Waals surface area (Å²) in [6.07, 6.45) is 6.74. The van der Waals surface area contributed by atoms with E-state index in [9.17, 15) is 4.79 Å². The number of aliphatic hydroxyl groups excluding tert-OH is 1. The molecule has 0 aliphatic heterocycles. The van der Waals surface area contributed by atoms with Crippen molar-refractivity contribution in [3.05, 3.63) is 24.3 Å². The van der Waals surface area contributed by atoms with E-state index in [4.69, 9.17) is 5.11 Å². The summed E-state index contributed by atoms with van der Waals surface area (Å²) in [5.41, 5.74) is 0. The van der Waals surface area contributed by atoms with Crippen LogP contribution < -0.4 is 0 Å². The number of allylic oxidation sites excluding steroid dienone is 3. The number of hydrogen-bond acceptors (Lipinski definition) is 2. The topological polar surface area (TPSA) is 37.3 Å². The number of carbonyl (C=O) groups is 1. The molecule has 0 spiro atoms. The summed E-state index contributed by atoms with van der Waals surface area (Å²) in [7, 11) is 0. The van der Waals surface area contributed by atoms with Crippen LogP contribution in [0.25, 0.3) is 0 Å². The van der Waals surface area contributed by atoms with Crippen LogP contribution in [-0.4, -0.2) is 18.0 Å². The van der Waals surface area contributed by atoms with Crippen LogP contribution in [0.4, 0.5) is 0 Å². The molecule has 0 aliphatic carbocycles. The summed E-state index contributed by atoms with van der Waals surface area (Å²) in [5.74, 6) is 0. The SMILES string of the molecule is O=C/C=C/C=C/CO. The minimum Gasteiger partial charge on any atom is -0.392 e. The Balaban J connectivity index is 3.26. The number of aldehydes is 1. The van der Waals surface area contributed by atoms with Crippen LogP contribution in [0.2, 0.25) is 0 Å². The maximum Gasteiger partial charge on any atom is 0.142 e. The second-order valence-corrected chi connectivity index (χ2v) is 1.13. The molecule has 0 aromatic rings. The van der Waals surface area contributed by atoms with Crippen molar-refractivity contribution in [2.45, 2.75) is 0 Å². The third-order valence-electron chi connectivity index (χ3n) is 0.542. The fraction of sp³-hybridized carbons (Fsp3) is 0.167. The highest BCUT2D eigenvalue weighted by Gasteiger charge is 1.61. The van der Waals surface area contributed by atoms with Crippen LogP contribution in [0.1, 0.15) is 0 Å². The van der Waals surface area contributed by atoms with Gasteiger partial charge in [-0.05, 0) is 6.08 Å².